The van der Waals surface area contributed by atoms with Gasteiger partial charge < -0.3 is 9.64 Å². The highest BCUT2D eigenvalue weighted by Gasteiger charge is 2.36. The predicted octanol–water partition coefficient (Wildman–Crippen LogP) is 7.11. The van der Waals surface area contributed by atoms with E-state index in [0.717, 1.165) is 51.6 Å². The number of amides is 2. The molecule has 2 aromatic carbocycles. The van der Waals surface area contributed by atoms with E-state index in [4.69, 9.17) is 4.74 Å². The van der Waals surface area contributed by atoms with Gasteiger partial charge >= 0.3 is 0 Å². The first-order valence-electron chi connectivity index (χ1n) is 11.3. The van der Waals surface area contributed by atoms with Gasteiger partial charge in [0.1, 0.15) is 5.75 Å². The maximum atomic E-state index is 13.1. The molecule has 2 amide bonds. The first-order chi connectivity index (χ1) is 16.1. The second-order valence-corrected chi connectivity index (χ2v) is 11.0. The average molecular weight is 542 g/mol. The second-order valence-electron chi connectivity index (χ2n) is 9.14. The van der Waals surface area contributed by atoms with Gasteiger partial charge in [0.05, 0.1) is 24.1 Å². The molecule has 178 valence electrons. The molecule has 34 heavy (non-hydrogen) atoms. The summed E-state index contributed by atoms with van der Waals surface area (Å²) in [6.45, 7) is 9.91. The van der Waals surface area contributed by atoms with Crippen molar-refractivity contribution in [2.24, 2.45) is 0 Å². The van der Waals surface area contributed by atoms with Gasteiger partial charge in [-0.2, -0.15) is 0 Å². The Morgan fingerprint density at radius 1 is 1.15 bits per heavy atom. The molecule has 2 aliphatic heterocycles. The highest BCUT2D eigenvalue weighted by Crippen LogP contribution is 2.43. The van der Waals surface area contributed by atoms with Gasteiger partial charge in [-0.3, -0.25) is 14.5 Å². The number of halogens is 1. The molecule has 5 nitrogen and oxygen atoms in total. The number of allylic oxidation sites excluding steroid dienone is 1. The molecule has 7 heteroatoms. The summed E-state index contributed by atoms with van der Waals surface area (Å²) in [4.78, 5) is 29.9. The fourth-order valence-electron chi connectivity index (χ4n) is 4.59. The van der Waals surface area contributed by atoms with Crippen molar-refractivity contribution in [1.29, 1.82) is 0 Å². The molecule has 0 aliphatic carbocycles. The Hall–Kier alpha value is -2.51. The minimum absolute atomic E-state index is 0.102. The van der Waals surface area contributed by atoms with Crippen LogP contribution in [0.1, 0.15) is 50.8 Å². The number of carbonyl (C=O) groups excluding carboxylic acids is 2. The molecule has 0 atom stereocenters. The van der Waals surface area contributed by atoms with Crippen LogP contribution < -0.4 is 9.64 Å². The Kier molecular flexibility index (Phi) is 6.97. The molecule has 1 fully saturated rings. The van der Waals surface area contributed by atoms with Gasteiger partial charge in [-0.15, -0.1) is 0 Å². The lowest BCUT2D eigenvalue weighted by atomic mass is 9.87. The first kappa shape index (κ1) is 24.6. The molecule has 0 N–H and O–H groups in total. The van der Waals surface area contributed by atoms with Gasteiger partial charge in [0, 0.05) is 33.9 Å². The molecule has 0 radical (unpaired) electrons. The number of thioether (sulfide) groups is 1. The third-order valence-electron chi connectivity index (χ3n) is 6.19. The molecule has 4 rings (SSSR count). The molecule has 0 saturated carbocycles. The van der Waals surface area contributed by atoms with Gasteiger partial charge in [-0.25, -0.2) is 0 Å². The lowest BCUT2D eigenvalue weighted by Crippen LogP contribution is -2.45. The van der Waals surface area contributed by atoms with Crippen LogP contribution in [0.5, 0.6) is 5.75 Å². The van der Waals surface area contributed by atoms with Crippen LogP contribution in [0.2, 0.25) is 0 Å². The quantitative estimate of drug-likeness (QED) is 0.365. The Bertz CT molecular complexity index is 1200. The van der Waals surface area contributed by atoms with E-state index in [2.05, 4.69) is 66.7 Å². The number of imide groups is 1. The minimum atomic E-state index is -0.279. The summed E-state index contributed by atoms with van der Waals surface area (Å²) in [6.07, 6.45) is 5.10. The fraction of sp³-hybridized carbons (Fsp3) is 0.333. The molecule has 0 unspecified atom stereocenters. The number of anilines is 1. The Balaban J connectivity index is 1.69. The van der Waals surface area contributed by atoms with E-state index in [1.54, 1.807) is 13.2 Å². The molecule has 0 bridgehead atoms. The largest absolute Gasteiger partial charge is 0.496 e. The number of nitrogens with zero attached hydrogens (tertiary/aromatic N) is 2. The van der Waals surface area contributed by atoms with Crippen molar-refractivity contribution in [3.8, 4) is 5.75 Å². The number of benzene rings is 2. The number of ether oxygens (including phenoxy) is 1. The van der Waals surface area contributed by atoms with Crippen molar-refractivity contribution in [2.75, 3.05) is 18.6 Å². The number of methoxy groups -OCH3 is 1. The molecule has 2 aromatic rings. The monoisotopic (exact) mass is 540 g/mol. The third-order valence-corrected chi connectivity index (χ3v) is 7.63. The van der Waals surface area contributed by atoms with Gasteiger partial charge in [0.2, 0.25) is 0 Å². The number of hydrogen-bond donors (Lipinski definition) is 0. The van der Waals surface area contributed by atoms with Crippen molar-refractivity contribution in [3.05, 3.63) is 68.5 Å². The van der Waals surface area contributed by atoms with Crippen LogP contribution in [0.25, 0.3) is 11.6 Å². The summed E-state index contributed by atoms with van der Waals surface area (Å²) in [5.74, 6) is 0.406. The lowest BCUT2D eigenvalue weighted by molar-refractivity contribution is -0.123. The summed E-state index contributed by atoms with van der Waals surface area (Å²) >= 11 is 4.38. The average Bonchev–Trinajstić information content (AvgIpc) is 3.05. The molecule has 2 heterocycles. The van der Waals surface area contributed by atoms with Crippen molar-refractivity contribution < 1.29 is 14.3 Å². The van der Waals surface area contributed by atoms with E-state index in [1.165, 1.54) is 10.5 Å². The Morgan fingerprint density at radius 2 is 1.85 bits per heavy atom. The predicted molar refractivity (Wildman–Crippen MR) is 144 cm³/mol. The Morgan fingerprint density at radius 3 is 2.50 bits per heavy atom. The molecule has 0 aromatic heterocycles. The number of hydrogen-bond acceptors (Lipinski definition) is 5. The van der Waals surface area contributed by atoms with Crippen molar-refractivity contribution >= 4 is 56.2 Å². The van der Waals surface area contributed by atoms with Gasteiger partial charge in [-0.1, -0.05) is 41.1 Å². The summed E-state index contributed by atoms with van der Waals surface area (Å²) < 4.78 is 6.69. The van der Waals surface area contributed by atoms with E-state index in [9.17, 15) is 9.59 Å². The molecule has 1 saturated heterocycles. The van der Waals surface area contributed by atoms with Crippen LogP contribution in [0.4, 0.5) is 10.5 Å². The number of fused-ring (bicyclic) bond motifs is 1. The van der Waals surface area contributed by atoms with E-state index < -0.39 is 0 Å². The third kappa shape index (κ3) is 4.68. The van der Waals surface area contributed by atoms with E-state index in [-0.39, 0.29) is 23.2 Å². The second kappa shape index (κ2) is 9.62. The van der Waals surface area contributed by atoms with Crippen LogP contribution in [0.3, 0.4) is 0 Å². The fourth-order valence-corrected chi connectivity index (χ4v) is 5.69. The molecule has 0 spiro atoms. The topological polar surface area (TPSA) is 49.9 Å². The number of carbonyl (C=O) groups is 2. The normalized spacial score (nSPS) is 18.4. The van der Waals surface area contributed by atoms with E-state index >= 15 is 0 Å². The minimum Gasteiger partial charge on any atom is -0.496 e. The van der Waals surface area contributed by atoms with Gasteiger partial charge in [0.25, 0.3) is 11.1 Å². The van der Waals surface area contributed by atoms with Crippen LogP contribution >= 0.6 is 27.7 Å². The standard InChI is InChI=1S/C27H29BrN2O3S/c1-6-11-30-22-14-23(33-5)19(12-21(22)17(2)15-27(30,3)4)13-24-25(31)29(26(32)34-24)16-18-7-9-20(28)10-8-18/h7-10,12-15H,6,11,16H2,1-5H3/b24-13+. The summed E-state index contributed by atoms with van der Waals surface area (Å²) in [5, 5.41) is -0.261. The van der Waals surface area contributed by atoms with Crippen molar-refractivity contribution in [3.63, 3.8) is 0 Å². The van der Waals surface area contributed by atoms with Crippen LogP contribution in [0, 0.1) is 0 Å². The maximum absolute atomic E-state index is 13.1. The van der Waals surface area contributed by atoms with Gasteiger partial charge in [-0.05, 0) is 74.4 Å². The van der Waals surface area contributed by atoms with Crippen LogP contribution in [-0.4, -0.2) is 35.2 Å². The zero-order chi connectivity index (χ0) is 24.6. The highest BCUT2D eigenvalue weighted by atomic mass is 79.9. The summed E-state index contributed by atoms with van der Waals surface area (Å²) in [6, 6.07) is 11.7. The summed E-state index contributed by atoms with van der Waals surface area (Å²) in [7, 11) is 1.64. The zero-order valence-electron chi connectivity index (χ0n) is 20.1. The molecular weight excluding hydrogens is 512 g/mol. The summed E-state index contributed by atoms with van der Waals surface area (Å²) in [5.41, 5.74) is 5.03. The first-order valence-corrected chi connectivity index (χ1v) is 12.9. The van der Waals surface area contributed by atoms with Crippen LogP contribution in [0.15, 0.2) is 51.9 Å². The molecule has 2 aliphatic rings. The Labute approximate surface area is 214 Å². The van der Waals surface area contributed by atoms with Crippen molar-refractivity contribution in [1.82, 2.24) is 4.90 Å². The smallest absolute Gasteiger partial charge is 0.293 e. The van der Waals surface area contributed by atoms with E-state index in [1.807, 2.05) is 24.3 Å². The van der Waals surface area contributed by atoms with Crippen molar-refractivity contribution in [2.45, 2.75) is 46.2 Å². The van der Waals surface area contributed by atoms with Gasteiger partial charge in [0.15, 0.2) is 0 Å². The zero-order valence-corrected chi connectivity index (χ0v) is 22.5. The lowest BCUT2D eigenvalue weighted by Gasteiger charge is -2.43. The van der Waals surface area contributed by atoms with E-state index in [0.29, 0.717) is 10.7 Å². The highest BCUT2D eigenvalue weighted by molar-refractivity contribution is 9.10. The number of rotatable bonds is 6. The molecular formula is C27H29BrN2O3S. The van der Waals surface area contributed by atoms with Crippen LogP contribution in [-0.2, 0) is 11.3 Å². The maximum Gasteiger partial charge on any atom is 0.293 e. The SMILES string of the molecule is CCCN1c2cc(OC)c(/C=C3/SC(=O)N(Cc4ccc(Br)cc4)C3=O)cc2C(C)=CC1(C)C.